The molecule has 2 aliphatic carbocycles. The highest BCUT2D eigenvalue weighted by molar-refractivity contribution is 9.09. The lowest BCUT2D eigenvalue weighted by atomic mass is 9.66. The quantitative estimate of drug-likeness (QED) is 0.651. The average molecular weight is 358 g/mol. The average Bonchev–Trinajstić information content (AvgIpc) is 2.96. The van der Waals surface area contributed by atoms with Gasteiger partial charge in [0.15, 0.2) is 0 Å². The predicted octanol–water partition coefficient (Wildman–Crippen LogP) is 5.45. The molecule has 2 aliphatic rings. The summed E-state index contributed by atoms with van der Waals surface area (Å²) in [5.41, 5.74) is 1.38. The third-order valence-corrected chi connectivity index (χ3v) is 6.86. The van der Waals surface area contributed by atoms with Crippen LogP contribution in [0, 0.1) is 17.3 Å². The van der Waals surface area contributed by atoms with E-state index < -0.39 is 0 Å². The highest BCUT2D eigenvalue weighted by Crippen LogP contribution is 2.63. The molecule has 0 aliphatic heterocycles. The van der Waals surface area contributed by atoms with Crippen LogP contribution in [0.25, 0.3) is 0 Å². The largest absolute Gasteiger partial charge is 0.369 e. The van der Waals surface area contributed by atoms with Gasteiger partial charge >= 0.3 is 0 Å². The summed E-state index contributed by atoms with van der Waals surface area (Å²) in [7, 11) is 0. The van der Waals surface area contributed by atoms with Crippen molar-refractivity contribution in [2.45, 2.75) is 45.3 Å². The van der Waals surface area contributed by atoms with Crippen molar-refractivity contribution in [3.8, 4) is 0 Å². The molecule has 1 nitrogen and oxygen atoms in total. The van der Waals surface area contributed by atoms with Gasteiger partial charge in [-0.05, 0) is 54.2 Å². The Morgan fingerprint density at radius 1 is 1.30 bits per heavy atom. The minimum Gasteiger partial charge on any atom is -0.369 e. The molecular weight excluding hydrogens is 336 g/mol. The molecule has 0 aromatic heterocycles. The number of rotatable bonds is 4. The maximum atomic E-state index is 6.52. The first kappa shape index (κ1) is 14.9. The first-order valence-electron chi connectivity index (χ1n) is 7.44. The third-order valence-electron chi connectivity index (χ3n) is 5.79. The van der Waals surface area contributed by atoms with Crippen LogP contribution in [-0.2, 0) is 11.3 Å². The lowest BCUT2D eigenvalue weighted by molar-refractivity contribution is -0.145. The topological polar surface area (TPSA) is 9.23 Å². The van der Waals surface area contributed by atoms with Crippen LogP contribution < -0.4 is 0 Å². The zero-order chi connectivity index (χ0) is 14.4. The molecule has 0 heterocycles. The van der Waals surface area contributed by atoms with Crippen molar-refractivity contribution in [1.82, 2.24) is 0 Å². The van der Waals surface area contributed by atoms with Gasteiger partial charge in [-0.1, -0.05) is 53.5 Å². The Balaban J connectivity index is 1.80. The molecule has 0 amide bonds. The summed E-state index contributed by atoms with van der Waals surface area (Å²) >= 11 is 9.81. The normalized spacial score (nSPS) is 34.6. The van der Waals surface area contributed by atoms with E-state index in [1.165, 1.54) is 19.3 Å². The Kier molecular flexibility index (Phi) is 3.94. The number of ether oxygens (including phenoxy) is 1. The van der Waals surface area contributed by atoms with Crippen LogP contribution in [0.2, 0.25) is 5.02 Å². The molecule has 20 heavy (non-hydrogen) atoms. The maximum Gasteiger partial charge on any atom is 0.0864 e. The lowest BCUT2D eigenvalue weighted by Crippen LogP contribution is -2.52. The molecule has 1 aromatic rings. The van der Waals surface area contributed by atoms with E-state index in [9.17, 15) is 0 Å². The number of fused-ring (bicyclic) bond motifs is 2. The first-order valence-corrected chi connectivity index (χ1v) is 8.94. The van der Waals surface area contributed by atoms with Crippen LogP contribution in [0.1, 0.15) is 38.7 Å². The molecule has 1 aromatic carbocycles. The Morgan fingerprint density at radius 2 is 2.05 bits per heavy atom. The molecule has 3 atom stereocenters. The van der Waals surface area contributed by atoms with Gasteiger partial charge in [-0.3, -0.25) is 0 Å². The Morgan fingerprint density at radius 3 is 2.65 bits per heavy atom. The van der Waals surface area contributed by atoms with Crippen LogP contribution in [0.4, 0.5) is 0 Å². The van der Waals surface area contributed by atoms with E-state index in [1.807, 2.05) is 18.2 Å². The van der Waals surface area contributed by atoms with Crippen molar-refractivity contribution < 1.29 is 4.74 Å². The fraction of sp³-hybridized carbons (Fsp3) is 0.647. The number of alkyl halides is 1. The fourth-order valence-corrected chi connectivity index (χ4v) is 5.95. The van der Waals surface area contributed by atoms with E-state index >= 15 is 0 Å². The molecule has 2 bridgehead atoms. The molecule has 0 radical (unpaired) electrons. The smallest absolute Gasteiger partial charge is 0.0864 e. The summed E-state index contributed by atoms with van der Waals surface area (Å²) in [6.07, 6.45) is 4.01. The standard InChI is InChI=1S/C17H22BrClO/c1-16(2)13-6-7-14(9-13)17(16,11-18)20-10-12-4-3-5-15(19)8-12/h3-5,8,13-14H,6-7,9-11H2,1-2H3. The molecule has 3 unspecified atom stereocenters. The maximum absolute atomic E-state index is 6.52. The zero-order valence-corrected chi connectivity index (χ0v) is 14.5. The highest BCUT2D eigenvalue weighted by atomic mass is 79.9. The number of hydrogen-bond acceptors (Lipinski definition) is 1. The monoisotopic (exact) mass is 356 g/mol. The summed E-state index contributed by atoms with van der Waals surface area (Å²) in [6.45, 7) is 5.42. The van der Waals surface area contributed by atoms with E-state index in [4.69, 9.17) is 16.3 Å². The molecule has 0 saturated heterocycles. The summed E-state index contributed by atoms with van der Waals surface area (Å²) in [5.74, 6) is 1.51. The van der Waals surface area contributed by atoms with E-state index in [0.717, 1.165) is 21.8 Å². The van der Waals surface area contributed by atoms with Crippen molar-refractivity contribution in [3.63, 3.8) is 0 Å². The first-order chi connectivity index (χ1) is 9.49. The van der Waals surface area contributed by atoms with Crippen LogP contribution in [-0.4, -0.2) is 10.9 Å². The van der Waals surface area contributed by atoms with Crippen molar-refractivity contribution in [1.29, 1.82) is 0 Å². The molecule has 3 rings (SSSR count). The van der Waals surface area contributed by atoms with Crippen LogP contribution in [0.15, 0.2) is 24.3 Å². The summed E-state index contributed by atoms with van der Waals surface area (Å²) in [5, 5.41) is 1.71. The number of hydrogen-bond donors (Lipinski definition) is 0. The Hall–Kier alpha value is -0.0500. The lowest BCUT2D eigenvalue weighted by Gasteiger charge is -2.48. The molecule has 2 saturated carbocycles. The van der Waals surface area contributed by atoms with Gasteiger partial charge in [-0.25, -0.2) is 0 Å². The molecule has 110 valence electrons. The molecule has 2 fully saturated rings. The SMILES string of the molecule is CC1(C)C2CCC(C2)C1(CBr)OCc1cccc(Cl)c1. The Bertz CT molecular complexity index is 502. The van der Waals surface area contributed by atoms with Gasteiger partial charge in [0.1, 0.15) is 0 Å². The highest BCUT2D eigenvalue weighted by Gasteiger charge is 2.63. The van der Waals surface area contributed by atoms with Crippen LogP contribution in [0.5, 0.6) is 0 Å². The fourth-order valence-electron chi connectivity index (χ4n) is 4.39. The van der Waals surface area contributed by atoms with Gasteiger partial charge in [0.05, 0.1) is 12.2 Å². The zero-order valence-electron chi connectivity index (χ0n) is 12.2. The van der Waals surface area contributed by atoms with Gasteiger partial charge < -0.3 is 4.74 Å². The van der Waals surface area contributed by atoms with E-state index in [1.54, 1.807) is 0 Å². The summed E-state index contributed by atoms with van der Waals surface area (Å²) < 4.78 is 6.52. The molecule has 0 spiro atoms. The minimum atomic E-state index is -0.0295. The second-order valence-corrected chi connectivity index (χ2v) is 7.87. The third kappa shape index (κ3) is 2.15. The summed E-state index contributed by atoms with van der Waals surface area (Å²) in [6, 6.07) is 8.00. The van der Waals surface area contributed by atoms with E-state index in [2.05, 4.69) is 35.8 Å². The number of halogens is 2. The van der Waals surface area contributed by atoms with Crippen LogP contribution in [0.3, 0.4) is 0 Å². The van der Waals surface area contributed by atoms with Gasteiger partial charge in [0.2, 0.25) is 0 Å². The Labute approximate surface area is 135 Å². The van der Waals surface area contributed by atoms with Crippen molar-refractivity contribution in [2.75, 3.05) is 5.33 Å². The molecule has 0 N–H and O–H groups in total. The van der Waals surface area contributed by atoms with Gasteiger partial charge in [-0.2, -0.15) is 0 Å². The number of benzene rings is 1. The molecular formula is C17H22BrClO. The second kappa shape index (κ2) is 5.30. The van der Waals surface area contributed by atoms with Crippen molar-refractivity contribution in [2.24, 2.45) is 17.3 Å². The minimum absolute atomic E-state index is 0.0295. The van der Waals surface area contributed by atoms with Gasteiger partial charge in [0, 0.05) is 10.4 Å². The molecule has 3 heteroatoms. The van der Waals surface area contributed by atoms with Crippen molar-refractivity contribution in [3.05, 3.63) is 34.9 Å². The summed E-state index contributed by atoms with van der Waals surface area (Å²) in [4.78, 5) is 0. The van der Waals surface area contributed by atoms with Gasteiger partial charge in [-0.15, -0.1) is 0 Å². The predicted molar refractivity (Wildman–Crippen MR) is 87.4 cm³/mol. The van der Waals surface area contributed by atoms with Gasteiger partial charge in [0.25, 0.3) is 0 Å². The van der Waals surface area contributed by atoms with Crippen LogP contribution >= 0.6 is 27.5 Å². The van der Waals surface area contributed by atoms with Crippen molar-refractivity contribution >= 4 is 27.5 Å². The second-order valence-electron chi connectivity index (χ2n) is 6.87. The van der Waals surface area contributed by atoms with E-state index in [-0.39, 0.29) is 11.0 Å². The van der Waals surface area contributed by atoms with E-state index in [0.29, 0.717) is 12.5 Å².